The van der Waals surface area contributed by atoms with Crippen molar-refractivity contribution < 1.29 is 14.0 Å². The first kappa shape index (κ1) is 17.6. The number of anilines is 1. The highest BCUT2D eigenvalue weighted by Crippen LogP contribution is 2.53. The Morgan fingerprint density at radius 2 is 1.96 bits per heavy atom. The fourth-order valence-electron chi connectivity index (χ4n) is 3.40. The van der Waals surface area contributed by atoms with Gasteiger partial charge in [0.05, 0.1) is 11.2 Å². The van der Waals surface area contributed by atoms with E-state index in [-0.39, 0.29) is 6.42 Å². The fourth-order valence-corrected chi connectivity index (χ4v) is 3.77. The number of pyridine rings is 1. The van der Waals surface area contributed by atoms with Crippen LogP contribution in [-0.4, -0.2) is 16.7 Å². The largest absolute Gasteiger partial charge is 0.319 e. The number of nitrogens with zero attached hydrogens (tertiary/aromatic N) is 1. The number of hydrogen-bond acceptors (Lipinski definition) is 3. The van der Waals surface area contributed by atoms with E-state index >= 15 is 0 Å². The third-order valence-corrected chi connectivity index (χ3v) is 5.31. The summed E-state index contributed by atoms with van der Waals surface area (Å²) in [7, 11) is 0. The lowest BCUT2D eigenvalue weighted by Gasteiger charge is -2.16. The third-order valence-electron chi connectivity index (χ3n) is 5.00. The summed E-state index contributed by atoms with van der Waals surface area (Å²) in [4.78, 5) is 29.2. The van der Waals surface area contributed by atoms with Crippen molar-refractivity contribution in [3.05, 3.63) is 71.1 Å². The molecule has 6 heteroatoms. The molecule has 1 aromatic heterocycles. The van der Waals surface area contributed by atoms with E-state index in [0.717, 1.165) is 29.3 Å². The topological polar surface area (TPSA) is 59.1 Å². The Kier molecular flexibility index (Phi) is 4.40. The number of amides is 1. The molecule has 0 bridgehead atoms. The van der Waals surface area contributed by atoms with Crippen molar-refractivity contribution in [2.24, 2.45) is 0 Å². The quantitative estimate of drug-likeness (QED) is 0.653. The highest BCUT2D eigenvalue weighted by molar-refractivity contribution is 6.41. The Bertz CT molecular complexity index is 1060. The molecule has 1 N–H and O–H groups in total. The number of hydrogen-bond donors (Lipinski definition) is 1. The van der Waals surface area contributed by atoms with Gasteiger partial charge in [-0.2, -0.15) is 0 Å². The van der Waals surface area contributed by atoms with E-state index in [1.54, 1.807) is 30.5 Å². The highest BCUT2D eigenvalue weighted by atomic mass is 35.5. The van der Waals surface area contributed by atoms with Crippen molar-refractivity contribution in [1.82, 2.24) is 4.98 Å². The average molecular weight is 383 g/mol. The standard InChI is InChI=1S/C21H16ClFN2O2/c22-16-11-13(23)6-7-15(16)21(8-9-21)12-19(26)20(27)25-18-5-1-4-17-14(18)3-2-10-24-17/h1-7,10-11H,8-9,12H2,(H,25,27). The molecule has 1 aliphatic rings. The van der Waals surface area contributed by atoms with Gasteiger partial charge >= 0.3 is 0 Å². The predicted octanol–water partition coefficient (Wildman–Crippen LogP) is 4.66. The van der Waals surface area contributed by atoms with E-state index in [0.29, 0.717) is 10.7 Å². The van der Waals surface area contributed by atoms with Crippen LogP contribution in [0.2, 0.25) is 5.02 Å². The summed E-state index contributed by atoms with van der Waals surface area (Å²) in [5, 5.41) is 3.75. The van der Waals surface area contributed by atoms with Crippen molar-refractivity contribution >= 4 is 39.9 Å². The Labute approximate surface area is 160 Å². The highest BCUT2D eigenvalue weighted by Gasteiger charge is 2.47. The number of Topliss-reactive ketones (excluding diaryl/α,β-unsaturated/α-hetero) is 1. The number of benzene rings is 2. The van der Waals surface area contributed by atoms with E-state index in [2.05, 4.69) is 10.3 Å². The molecule has 1 fully saturated rings. The van der Waals surface area contributed by atoms with Crippen LogP contribution in [0.25, 0.3) is 10.9 Å². The molecule has 0 radical (unpaired) electrons. The van der Waals surface area contributed by atoms with Crippen molar-refractivity contribution in [2.75, 3.05) is 5.32 Å². The van der Waals surface area contributed by atoms with Crippen molar-refractivity contribution in [1.29, 1.82) is 0 Å². The predicted molar refractivity (Wildman–Crippen MR) is 102 cm³/mol. The van der Waals surface area contributed by atoms with E-state index < -0.39 is 22.9 Å². The second-order valence-electron chi connectivity index (χ2n) is 6.83. The number of nitrogens with one attached hydrogen (secondary N) is 1. The smallest absolute Gasteiger partial charge is 0.291 e. The lowest BCUT2D eigenvalue weighted by atomic mass is 9.90. The average Bonchev–Trinajstić information content (AvgIpc) is 3.42. The van der Waals surface area contributed by atoms with Crippen LogP contribution in [0, 0.1) is 5.82 Å². The van der Waals surface area contributed by atoms with Gasteiger partial charge in [0.2, 0.25) is 5.78 Å². The molecule has 0 atom stereocenters. The Morgan fingerprint density at radius 1 is 1.15 bits per heavy atom. The zero-order valence-corrected chi connectivity index (χ0v) is 15.1. The summed E-state index contributed by atoms with van der Waals surface area (Å²) in [6.07, 6.45) is 3.21. The van der Waals surface area contributed by atoms with Gasteiger partial charge in [0.25, 0.3) is 5.91 Å². The van der Waals surface area contributed by atoms with Crippen molar-refractivity contribution in [3.63, 3.8) is 0 Å². The van der Waals surface area contributed by atoms with Crippen LogP contribution in [0.5, 0.6) is 0 Å². The summed E-state index contributed by atoms with van der Waals surface area (Å²) in [6.45, 7) is 0. The van der Waals surface area contributed by atoms with Gasteiger partial charge in [0, 0.05) is 28.4 Å². The molecule has 1 amide bonds. The molecule has 136 valence electrons. The van der Waals surface area contributed by atoms with Crippen LogP contribution in [0.15, 0.2) is 54.7 Å². The Morgan fingerprint density at radius 3 is 2.70 bits per heavy atom. The molecule has 27 heavy (non-hydrogen) atoms. The summed E-state index contributed by atoms with van der Waals surface area (Å²) in [6, 6.07) is 13.1. The van der Waals surface area contributed by atoms with Gasteiger partial charge in [-0.3, -0.25) is 14.6 Å². The van der Waals surface area contributed by atoms with Gasteiger partial charge in [-0.25, -0.2) is 4.39 Å². The number of rotatable bonds is 5. The lowest BCUT2D eigenvalue weighted by molar-refractivity contribution is -0.135. The zero-order valence-electron chi connectivity index (χ0n) is 14.3. The van der Waals surface area contributed by atoms with Crippen LogP contribution in [0.4, 0.5) is 10.1 Å². The van der Waals surface area contributed by atoms with Gasteiger partial charge in [-0.15, -0.1) is 0 Å². The monoisotopic (exact) mass is 382 g/mol. The molecule has 2 aromatic carbocycles. The van der Waals surface area contributed by atoms with Crippen molar-refractivity contribution in [2.45, 2.75) is 24.7 Å². The van der Waals surface area contributed by atoms with Gasteiger partial charge in [-0.1, -0.05) is 23.7 Å². The first-order valence-corrected chi connectivity index (χ1v) is 9.00. The maximum absolute atomic E-state index is 13.3. The number of carbonyl (C=O) groups excluding carboxylic acids is 2. The lowest BCUT2D eigenvalue weighted by Crippen LogP contribution is -2.27. The second kappa shape index (κ2) is 6.74. The van der Waals surface area contributed by atoms with Crippen LogP contribution < -0.4 is 5.32 Å². The molecule has 0 saturated heterocycles. The molecule has 1 saturated carbocycles. The number of halogens is 2. The van der Waals surface area contributed by atoms with Crippen LogP contribution in [-0.2, 0) is 15.0 Å². The molecule has 1 aliphatic carbocycles. The van der Waals surface area contributed by atoms with Crippen molar-refractivity contribution in [3.8, 4) is 0 Å². The molecule has 1 heterocycles. The molecule has 4 rings (SSSR count). The molecule has 0 aliphatic heterocycles. The second-order valence-corrected chi connectivity index (χ2v) is 7.24. The molecular weight excluding hydrogens is 367 g/mol. The molecule has 0 spiro atoms. The maximum atomic E-state index is 13.3. The zero-order chi connectivity index (χ0) is 19.0. The number of ketones is 1. The number of carbonyl (C=O) groups is 2. The minimum atomic E-state index is -0.670. The first-order chi connectivity index (χ1) is 13.0. The van der Waals surface area contributed by atoms with Gasteiger partial charge < -0.3 is 5.32 Å². The summed E-state index contributed by atoms with van der Waals surface area (Å²) < 4.78 is 13.3. The van der Waals surface area contributed by atoms with E-state index in [1.807, 2.05) is 12.1 Å². The summed E-state index contributed by atoms with van der Waals surface area (Å²) in [5.74, 6) is -1.61. The minimum absolute atomic E-state index is 0.0488. The molecule has 3 aromatic rings. The molecule has 4 nitrogen and oxygen atoms in total. The van der Waals surface area contributed by atoms with Gasteiger partial charge in [0.15, 0.2) is 0 Å². The van der Waals surface area contributed by atoms with E-state index in [1.165, 1.54) is 12.1 Å². The first-order valence-electron chi connectivity index (χ1n) is 8.62. The normalized spacial score (nSPS) is 14.7. The number of fused-ring (bicyclic) bond motifs is 1. The number of aromatic nitrogens is 1. The SMILES string of the molecule is O=C(CC1(c2ccc(F)cc2Cl)CC1)C(=O)Nc1cccc2ncccc12. The fraction of sp³-hybridized carbons (Fsp3) is 0.190. The van der Waals surface area contributed by atoms with Crippen LogP contribution in [0.1, 0.15) is 24.8 Å². The molecule has 0 unspecified atom stereocenters. The van der Waals surface area contributed by atoms with Crippen LogP contribution >= 0.6 is 11.6 Å². The van der Waals surface area contributed by atoms with Gasteiger partial charge in [-0.05, 0) is 54.8 Å². The van der Waals surface area contributed by atoms with E-state index in [4.69, 9.17) is 11.6 Å². The third kappa shape index (κ3) is 3.43. The Balaban J connectivity index is 1.52. The minimum Gasteiger partial charge on any atom is -0.319 e. The molecular formula is C21H16ClFN2O2. The van der Waals surface area contributed by atoms with Gasteiger partial charge in [0.1, 0.15) is 5.82 Å². The van der Waals surface area contributed by atoms with Crippen LogP contribution in [0.3, 0.4) is 0 Å². The maximum Gasteiger partial charge on any atom is 0.291 e. The summed E-state index contributed by atoms with van der Waals surface area (Å²) >= 11 is 6.15. The van der Waals surface area contributed by atoms with E-state index in [9.17, 15) is 14.0 Å². The Hall–Kier alpha value is -2.79. The summed E-state index contributed by atoms with van der Waals surface area (Å²) in [5.41, 5.74) is 1.53.